The number of likely N-dealkylation sites (tertiary alicyclic amines) is 1. The zero-order valence-electron chi connectivity index (χ0n) is 13.8. The normalized spacial score (nSPS) is 23.5. The molecule has 1 spiro atoms. The molecule has 22 heavy (non-hydrogen) atoms. The van der Waals surface area contributed by atoms with E-state index in [9.17, 15) is 4.79 Å². The summed E-state index contributed by atoms with van der Waals surface area (Å²) in [5, 5.41) is 0. The number of hydrogen-bond donors (Lipinski definition) is 1. The van der Waals surface area contributed by atoms with Crippen molar-refractivity contribution in [1.82, 2.24) is 4.90 Å². The lowest BCUT2D eigenvalue weighted by molar-refractivity contribution is 0.0155. The van der Waals surface area contributed by atoms with Gasteiger partial charge in [0, 0.05) is 24.5 Å². The zero-order chi connectivity index (χ0) is 16.0. The van der Waals surface area contributed by atoms with Crippen LogP contribution >= 0.6 is 0 Å². The van der Waals surface area contributed by atoms with Gasteiger partial charge in [-0.15, -0.1) is 0 Å². The first-order valence-corrected chi connectivity index (χ1v) is 8.14. The van der Waals surface area contributed by atoms with Crippen molar-refractivity contribution in [1.29, 1.82) is 0 Å². The van der Waals surface area contributed by atoms with E-state index in [4.69, 9.17) is 10.5 Å². The number of nitrogens with zero attached hydrogens (tertiary/aromatic N) is 1. The minimum Gasteiger partial charge on any atom is -0.444 e. The van der Waals surface area contributed by atoms with E-state index in [2.05, 4.69) is 24.3 Å². The maximum Gasteiger partial charge on any atom is 0.410 e. The summed E-state index contributed by atoms with van der Waals surface area (Å²) < 4.78 is 5.48. The lowest BCUT2D eigenvalue weighted by atomic mass is 9.71. The molecule has 0 saturated carbocycles. The van der Waals surface area contributed by atoms with E-state index >= 15 is 0 Å². The van der Waals surface area contributed by atoms with E-state index in [1.807, 2.05) is 25.7 Å². The fraction of sp³-hybridized carbons (Fsp3) is 0.611. The summed E-state index contributed by atoms with van der Waals surface area (Å²) in [6, 6.07) is 8.74. The Labute approximate surface area is 132 Å². The van der Waals surface area contributed by atoms with Gasteiger partial charge in [-0.2, -0.15) is 0 Å². The van der Waals surface area contributed by atoms with Gasteiger partial charge in [-0.25, -0.2) is 4.79 Å². The summed E-state index contributed by atoms with van der Waals surface area (Å²) in [6.07, 6.45) is 2.58. The Morgan fingerprint density at radius 1 is 1.27 bits per heavy atom. The van der Waals surface area contributed by atoms with Crippen molar-refractivity contribution in [2.75, 3.05) is 13.1 Å². The van der Waals surface area contributed by atoms with E-state index in [-0.39, 0.29) is 17.6 Å². The molecule has 4 heteroatoms. The molecule has 1 aromatic rings. The van der Waals surface area contributed by atoms with Crippen LogP contribution in [0.5, 0.6) is 0 Å². The van der Waals surface area contributed by atoms with Gasteiger partial charge in [-0.05, 0) is 51.2 Å². The molecule has 120 valence electrons. The van der Waals surface area contributed by atoms with Gasteiger partial charge in [0.25, 0.3) is 0 Å². The predicted molar refractivity (Wildman–Crippen MR) is 86.8 cm³/mol. The van der Waals surface area contributed by atoms with E-state index in [0.29, 0.717) is 0 Å². The third-order valence-electron chi connectivity index (χ3n) is 5.01. The smallest absolute Gasteiger partial charge is 0.410 e. The summed E-state index contributed by atoms with van der Waals surface area (Å²) in [6.45, 7) is 7.15. The molecule has 1 aliphatic heterocycles. The molecule has 1 atom stereocenters. The molecule has 1 fully saturated rings. The lowest BCUT2D eigenvalue weighted by Crippen LogP contribution is -2.52. The third-order valence-corrected chi connectivity index (χ3v) is 5.01. The van der Waals surface area contributed by atoms with Crippen molar-refractivity contribution < 1.29 is 9.53 Å². The van der Waals surface area contributed by atoms with Gasteiger partial charge in [0.2, 0.25) is 0 Å². The Balaban J connectivity index is 1.73. The number of fused-ring (bicyclic) bond motifs is 2. The number of rotatable bonds is 0. The highest BCUT2D eigenvalue weighted by Gasteiger charge is 2.47. The number of carbonyl (C=O) groups is 1. The van der Waals surface area contributed by atoms with E-state index in [1.54, 1.807) is 0 Å². The topological polar surface area (TPSA) is 55.6 Å². The number of nitrogens with two attached hydrogens (primary N) is 1. The van der Waals surface area contributed by atoms with E-state index in [0.717, 1.165) is 32.4 Å². The molecular formula is C18H26N2O2. The minimum absolute atomic E-state index is 0.0368. The van der Waals surface area contributed by atoms with Gasteiger partial charge in [0.1, 0.15) is 5.60 Å². The summed E-state index contributed by atoms with van der Waals surface area (Å²) in [5.41, 5.74) is 8.85. The minimum atomic E-state index is -0.442. The van der Waals surface area contributed by atoms with Crippen molar-refractivity contribution in [3.8, 4) is 0 Å². The van der Waals surface area contributed by atoms with Crippen molar-refractivity contribution in [2.24, 2.45) is 5.73 Å². The maximum absolute atomic E-state index is 12.2. The van der Waals surface area contributed by atoms with Crippen LogP contribution in [0.1, 0.15) is 44.7 Å². The molecule has 1 amide bonds. The van der Waals surface area contributed by atoms with Crippen LogP contribution < -0.4 is 5.73 Å². The fourth-order valence-corrected chi connectivity index (χ4v) is 3.87. The van der Waals surface area contributed by atoms with Gasteiger partial charge in [-0.1, -0.05) is 24.3 Å². The molecule has 1 aromatic carbocycles. The quantitative estimate of drug-likeness (QED) is 0.802. The second-order valence-corrected chi connectivity index (χ2v) is 7.59. The van der Waals surface area contributed by atoms with Crippen LogP contribution in [0.15, 0.2) is 24.3 Å². The first kappa shape index (κ1) is 15.3. The molecule has 0 aromatic heterocycles. The highest BCUT2D eigenvalue weighted by molar-refractivity contribution is 5.68. The summed E-state index contributed by atoms with van der Waals surface area (Å²) in [4.78, 5) is 14.0. The van der Waals surface area contributed by atoms with Crippen LogP contribution in [-0.4, -0.2) is 35.7 Å². The first-order chi connectivity index (χ1) is 10.3. The Bertz CT molecular complexity index is 569. The molecule has 1 saturated heterocycles. The van der Waals surface area contributed by atoms with Crippen molar-refractivity contribution in [2.45, 2.75) is 57.1 Å². The monoisotopic (exact) mass is 302 g/mol. The van der Waals surface area contributed by atoms with Crippen molar-refractivity contribution in [3.63, 3.8) is 0 Å². The molecule has 1 heterocycles. The third kappa shape index (κ3) is 2.60. The van der Waals surface area contributed by atoms with Crippen LogP contribution in [0, 0.1) is 0 Å². The highest BCUT2D eigenvalue weighted by atomic mass is 16.6. The number of hydrogen-bond acceptors (Lipinski definition) is 3. The maximum atomic E-state index is 12.2. The molecular weight excluding hydrogens is 276 g/mol. The van der Waals surface area contributed by atoms with Crippen LogP contribution in [-0.2, 0) is 16.6 Å². The van der Waals surface area contributed by atoms with E-state index < -0.39 is 5.60 Å². The fourth-order valence-electron chi connectivity index (χ4n) is 3.87. The summed E-state index contributed by atoms with van der Waals surface area (Å²) in [7, 11) is 0. The van der Waals surface area contributed by atoms with Crippen LogP contribution in [0.25, 0.3) is 0 Å². The first-order valence-electron chi connectivity index (χ1n) is 8.14. The van der Waals surface area contributed by atoms with E-state index in [1.165, 1.54) is 11.1 Å². The number of piperidine rings is 1. The van der Waals surface area contributed by atoms with Crippen molar-refractivity contribution >= 4 is 6.09 Å². The van der Waals surface area contributed by atoms with Crippen LogP contribution in [0.2, 0.25) is 0 Å². The van der Waals surface area contributed by atoms with Crippen LogP contribution in [0.4, 0.5) is 4.79 Å². The summed E-state index contributed by atoms with van der Waals surface area (Å²) >= 11 is 0. The number of benzene rings is 1. The van der Waals surface area contributed by atoms with Gasteiger partial charge >= 0.3 is 6.09 Å². The Morgan fingerprint density at radius 2 is 1.91 bits per heavy atom. The van der Waals surface area contributed by atoms with Gasteiger partial charge in [0.15, 0.2) is 0 Å². The second kappa shape index (κ2) is 5.27. The highest BCUT2D eigenvalue weighted by Crippen LogP contribution is 2.45. The van der Waals surface area contributed by atoms with Gasteiger partial charge in [0.05, 0.1) is 0 Å². The number of amides is 1. The zero-order valence-corrected chi connectivity index (χ0v) is 13.8. The SMILES string of the molecule is CC(C)(C)OC(=O)N1CCC2(CC1)c1ccccc1C[C@H]2N. The summed E-state index contributed by atoms with van der Waals surface area (Å²) in [5.74, 6) is 0. The number of ether oxygens (including phenoxy) is 1. The second-order valence-electron chi connectivity index (χ2n) is 7.59. The molecule has 0 unspecified atom stereocenters. The molecule has 2 N–H and O–H groups in total. The van der Waals surface area contributed by atoms with Gasteiger partial charge < -0.3 is 15.4 Å². The molecule has 4 nitrogen and oxygen atoms in total. The van der Waals surface area contributed by atoms with Crippen molar-refractivity contribution in [3.05, 3.63) is 35.4 Å². The molecule has 3 rings (SSSR count). The lowest BCUT2D eigenvalue weighted by Gasteiger charge is -2.42. The molecule has 1 aliphatic carbocycles. The molecule has 2 aliphatic rings. The average molecular weight is 302 g/mol. The number of carbonyl (C=O) groups excluding carboxylic acids is 1. The Kier molecular flexibility index (Phi) is 3.68. The Morgan fingerprint density at radius 3 is 2.55 bits per heavy atom. The Hall–Kier alpha value is -1.55. The largest absolute Gasteiger partial charge is 0.444 e. The standard InChI is InChI=1S/C18H26N2O2/c1-17(2,3)22-16(21)20-10-8-18(9-11-20)14-7-5-4-6-13(14)12-15(18)19/h4-7,15H,8-12,19H2,1-3H3/t15-/m1/s1. The van der Waals surface area contributed by atoms with Crippen LogP contribution in [0.3, 0.4) is 0 Å². The average Bonchev–Trinajstić information content (AvgIpc) is 2.71. The molecule has 0 bridgehead atoms. The predicted octanol–water partition coefficient (Wildman–Crippen LogP) is 2.84. The van der Waals surface area contributed by atoms with Gasteiger partial charge in [-0.3, -0.25) is 0 Å². The molecule has 0 radical (unpaired) electrons.